The summed E-state index contributed by atoms with van der Waals surface area (Å²) in [6.45, 7) is 8.62. The summed E-state index contributed by atoms with van der Waals surface area (Å²) in [7, 11) is 3.02. The lowest BCUT2D eigenvalue weighted by Gasteiger charge is -2.35. The van der Waals surface area contributed by atoms with Crippen LogP contribution in [0.1, 0.15) is 55.1 Å². The lowest BCUT2D eigenvalue weighted by Crippen LogP contribution is -2.50. The van der Waals surface area contributed by atoms with Crippen LogP contribution in [0.3, 0.4) is 0 Å². The Bertz CT molecular complexity index is 2600. The van der Waals surface area contributed by atoms with Gasteiger partial charge in [-0.25, -0.2) is 4.79 Å². The highest BCUT2D eigenvalue weighted by atomic mass is 16.6. The molecule has 1 saturated heterocycles. The smallest absolute Gasteiger partial charge is 0.405 e. The monoisotopic (exact) mass is 921 g/mol. The van der Waals surface area contributed by atoms with Crippen molar-refractivity contribution >= 4 is 46.5 Å². The van der Waals surface area contributed by atoms with Crippen molar-refractivity contribution in [2.45, 2.75) is 70.9 Å². The fourth-order valence-corrected chi connectivity index (χ4v) is 9.03. The number of nitrogens with two attached hydrogens (primary N) is 2. The quantitative estimate of drug-likeness (QED) is 0.151. The van der Waals surface area contributed by atoms with Crippen LogP contribution in [0.5, 0.6) is 0 Å². The molecule has 2 aromatic heterocycles. The lowest BCUT2D eigenvalue weighted by atomic mass is 9.85. The van der Waals surface area contributed by atoms with E-state index in [1.54, 1.807) is 32.4 Å². The van der Waals surface area contributed by atoms with Crippen molar-refractivity contribution in [3.63, 3.8) is 0 Å². The number of hydrogen-bond acceptors (Lipinski definition) is 14. The molecule has 1 aliphatic carbocycles. The van der Waals surface area contributed by atoms with Crippen molar-refractivity contribution in [3.8, 4) is 0 Å². The average molecular weight is 922 g/mol. The maximum absolute atomic E-state index is 14.2. The number of allylic oxidation sites excluding steroid dienone is 4. The summed E-state index contributed by atoms with van der Waals surface area (Å²) in [5, 5.41) is 6.39. The Hall–Kier alpha value is -6.83. The maximum Gasteiger partial charge on any atom is 0.405 e. The Labute approximate surface area is 387 Å². The molecule has 6 atom stereocenters. The average Bonchev–Trinajstić information content (AvgIpc) is 3.90. The van der Waals surface area contributed by atoms with E-state index < -0.39 is 48.0 Å². The van der Waals surface area contributed by atoms with Gasteiger partial charge in [-0.2, -0.15) is 4.98 Å². The Balaban J connectivity index is 0.981. The molecule has 3 amide bonds. The van der Waals surface area contributed by atoms with Crippen molar-refractivity contribution in [2.75, 3.05) is 59.2 Å². The number of nitrogen functional groups attached to an aromatic ring is 1. The lowest BCUT2D eigenvalue weighted by molar-refractivity contribution is -0.120. The van der Waals surface area contributed by atoms with Gasteiger partial charge in [0.05, 0.1) is 22.9 Å². The normalized spacial score (nSPS) is 25.5. The zero-order valence-electron chi connectivity index (χ0n) is 38.4. The number of nitrogens with zero attached hydrogens (tertiary/aromatic N) is 3. The first-order valence-electron chi connectivity index (χ1n) is 22.4. The van der Waals surface area contributed by atoms with Gasteiger partial charge in [0.2, 0.25) is 17.5 Å². The molecule has 3 aliphatic heterocycles. The second-order valence-electron chi connectivity index (χ2n) is 17.4. The fraction of sp³-hybridized carbons (Fsp3) is 0.438. The van der Waals surface area contributed by atoms with Crippen molar-refractivity contribution in [3.05, 3.63) is 116 Å². The van der Waals surface area contributed by atoms with Gasteiger partial charge in [-0.15, -0.1) is 0 Å². The zero-order valence-corrected chi connectivity index (χ0v) is 38.4. The molecule has 4 aliphatic rings. The molecule has 19 nitrogen and oxygen atoms in total. The Morgan fingerprint density at radius 1 is 1.01 bits per heavy atom. The highest BCUT2D eigenvalue weighted by Gasteiger charge is 2.41. The van der Waals surface area contributed by atoms with Crippen LogP contribution in [0.4, 0.5) is 10.7 Å². The molecule has 67 heavy (non-hydrogen) atoms. The van der Waals surface area contributed by atoms with Gasteiger partial charge < -0.3 is 50.9 Å². The Kier molecular flexibility index (Phi) is 15.2. The number of methoxy groups -OCH3 is 2. The summed E-state index contributed by atoms with van der Waals surface area (Å²) in [6, 6.07) is 7.51. The van der Waals surface area contributed by atoms with E-state index in [0.717, 1.165) is 17.2 Å². The van der Waals surface area contributed by atoms with Gasteiger partial charge in [0.1, 0.15) is 23.6 Å². The van der Waals surface area contributed by atoms with E-state index in [1.807, 2.05) is 49.1 Å². The molecule has 0 saturated carbocycles. The number of aromatic amines is 2. The number of fused-ring (bicyclic) bond motifs is 5. The third-order valence-corrected chi connectivity index (χ3v) is 12.7. The molecule has 3 aromatic rings. The van der Waals surface area contributed by atoms with Gasteiger partial charge in [0.25, 0.3) is 17.4 Å². The van der Waals surface area contributed by atoms with Gasteiger partial charge in [-0.05, 0) is 67.9 Å². The van der Waals surface area contributed by atoms with Crippen LogP contribution in [0, 0.1) is 11.8 Å². The predicted molar refractivity (Wildman–Crippen MR) is 248 cm³/mol. The molecule has 8 N–H and O–H groups in total. The minimum atomic E-state index is -1.02. The van der Waals surface area contributed by atoms with E-state index in [1.165, 1.54) is 13.2 Å². The largest absolute Gasteiger partial charge is 0.488 e. The summed E-state index contributed by atoms with van der Waals surface area (Å²) >= 11 is 0. The van der Waals surface area contributed by atoms with Crippen LogP contribution < -0.4 is 27.7 Å². The molecule has 4 bridgehead atoms. The zero-order chi connectivity index (χ0) is 47.9. The number of carbonyl (C=O) groups excluding carboxylic acids is 5. The van der Waals surface area contributed by atoms with Crippen LogP contribution in [0.2, 0.25) is 0 Å². The van der Waals surface area contributed by atoms with Crippen LogP contribution in [-0.4, -0.2) is 132 Å². The molecule has 1 fully saturated rings. The second-order valence-corrected chi connectivity index (χ2v) is 17.4. The molecule has 0 radical (unpaired) electrons. The molecule has 0 unspecified atom stereocenters. The molecule has 0 spiro atoms. The second kappa shape index (κ2) is 21.2. The van der Waals surface area contributed by atoms with Gasteiger partial charge in [-0.1, -0.05) is 44.2 Å². The standard InChI is InChI=1S/C48H59N9O10/c1-26-21-32-39(51-15-16-56-17-19-57(20-18-56)46(62)30-12-9-29(10-13-30)11-14-31-25-52-43-38(31)45(61)55-47(49)54-43)34(58)24-33(40(32)59)53-44(60)27(2)7-6-8-35(64-4)42(67-48(50)63)37-23-28(3)41(66-37)36(22-26)65-5/h6-10,12-13,23-26,28,35-36,41-42,51H,11,14-22H2,1-5H3,(H2,50,63)(H,53,60)(H4,49,52,54,55,61)/b8-6-,27-7+/t26-,28+,35+,36+,41+,42-/m1/s1. The first-order chi connectivity index (χ1) is 32.1. The number of primary amides is 1. The van der Waals surface area contributed by atoms with E-state index in [9.17, 15) is 28.8 Å². The highest BCUT2D eigenvalue weighted by Crippen LogP contribution is 2.35. The van der Waals surface area contributed by atoms with Gasteiger partial charge in [-0.3, -0.25) is 33.9 Å². The number of aryl methyl sites for hydroxylation is 2. The summed E-state index contributed by atoms with van der Waals surface area (Å²) in [5.41, 5.74) is 14.3. The van der Waals surface area contributed by atoms with E-state index in [-0.39, 0.29) is 58.2 Å². The number of rotatable bonds is 11. The van der Waals surface area contributed by atoms with Gasteiger partial charge in [0, 0.05) is 88.4 Å². The minimum Gasteiger partial charge on any atom is -0.488 e. The molecule has 7 rings (SSSR count). The fourth-order valence-electron chi connectivity index (χ4n) is 9.03. The number of anilines is 1. The number of carbonyl (C=O) groups is 5. The van der Waals surface area contributed by atoms with Gasteiger partial charge in [0.15, 0.2) is 6.10 Å². The van der Waals surface area contributed by atoms with Crippen molar-refractivity contribution in [1.82, 2.24) is 35.4 Å². The Morgan fingerprint density at radius 2 is 1.76 bits per heavy atom. The number of aromatic nitrogens is 3. The predicted octanol–water partition coefficient (Wildman–Crippen LogP) is 2.72. The number of amides is 3. The maximum atomic E-state index is 14.2. The number of hydrogen-bond donors (Lipinski definition) is 6. The number of H-pyrrole nitrogens is 2. The molecule has 19 heteroatoms. The van der Waals surface area contributed by atoms with E-state index >= 15 is 0 Å². The van der Waals surface area contributed by atoms with Crippen LogP contribution in [-0.2, 0) is 46.2 Å². The molecule has 5 heterocycles. The van der Waals surface area contributed by atoms with Crippen molar-refractivity contribution < 1.29 is 42.9 Å². The van der Waals surface area contributed by atoms with E-state index in [2.05, 4.69) is 30.5 Å². The van der Waals surface area contributed by atoms with Crippen molar-refractivity contribution in [1.29, 1.82) is 0 Å². The van der Waals surface area contributed by atoms with Crippen LogP contribution >= 0.6 is 0 Å². The first-order valence-corrected chi connectivity index (χ1v) is 22.4. The first kappa shape index (κ1) is 48.1. The molecule has 356 valence electrons. The minimum absolute atomic E-state index is 0.0550. The van der Waals surface area contributed by atoms with E-state index in [0.29, 0.717) is 80.9 Å². The Morgan fingerprint density at radius 3 is 2.46 bits per heavy atom. The van der Waals surface area contributed by atoms with E-state index in [4.69, 9.17) is 30.4 Å². The summed E-state index contributed by atoms with van der Waals surface area (Å²) in [6.07, 6.45) is 7.52. The summed E-state index contributed by atoms with van der Waals surface area (Å²) in [5.74, 6) is -1.51. The summed E-state index contributed by atoms with van der Waals surface area (Å²) in [4.78, 5) is 93.0. The number of benzene rings is 1. The number of ketones is 2. The van der Waals surface area contributed by atoms with Crippen LogP contribution in [0.15, 0.2) is 93.9 Å². The molecular weight excluding hydrogens is 863 g/mol. The summed E-state index contributed by atoms with van der Waals surface area (Å²) < 4.78 is 23.5. The number of ether oxygens (including phenoxy) is 4. The number of Topliss-reactive ketones (excluding diaryl/α,β-unsaturated/α-hetero) is 1. The van der Waals surface area contributed by atoms with Crippen LogP contribution in [0.25, 0.3) is 11.0 Å². The number of piperazine rings is 1. The molecular formula is C48H59N9O10. The molecule has 1 aromatic carbocycles. The topological polar surface area (TPSA) is 266 Å². The SMILES string of the molecule is CO[C@H]1/C=C\C=C(/C)C(=O)NC2=CC(=O)C(NCCN3CCN(C(=O)c4ccc(CCc5c[nH]c6nc(N)[nH]c(=O)c56)cc4)CC3)=C(C[C@@H](C)C[C@H](OC)[C@H]3OC(=C[C@@H]3C)[C@@H]1OC(N)=O)C2=O. The number of nitrogens with one attached hydrogen (secondary N) is 4. The van der Waals surface area contributed by atoms with Gasteiger partial charge >= 0.3 is 6.09 Å². The third-order valence-electron chi connectivity index (χ3n) is 12.7. The highest BCUT2D eigenvalue weighted by molar-refractivity contribution is 6.23. The third kappa shape index (κ3) is 11.2. The van der Waals surface area contributed by atoms with Crippen molar-refractivity contribution in [2.24, 2.45) is 17.6 Å².